The Balaban J connectivity index is 2.05. The molecular formula is C12H15N3OS. The van der Waals surface area contributed by atoms with Crippen LogP contribution in [0.25, 0.3) is 0 Å². The Morgan fingerprint density at radius 1 is 1.59 bits per heavy atom. The van der Waals surface area contributed by atoms with Crippen LogP contribution in [-0.4, -0.2) is 15.6 Å². The molecule has 17 heavy (non-hydrogen) atoms. The van der Waals surface area contributed by atoms with Crippen LogP contribution in [0.5, 0.6) is 0 Å². The molecule has 0 aromatic carbocycles. The van der Waals surface area contributed by atoms with Crippen molar-refractivity contribution in [3.05, 3.63) is 45.1 Å². The van der Waals surface area contributed by atoms with Gasteiger partial charge in [-0.05, 0) is 35.7 Å². The van der Waals surface area contributed by atoms with Gasteiger partial charge in [-0.15, -0.1) is 0 Å². The van der Waals surface area contributed by atoms with Crippen LogP contribution in [0.4, 0.5) is 5.82 Å². The summed E-state index contributed by atoms with van der Waals surface area (Å²) in [4.78, 5) is 15.8. The van der Waals surface area contributed by atoms with Crippen LogP contribution < -0.4 is 10.9 Å². The van der Waals surface area contributed by atoms with Crippen molar-refractivity contribution in [2.75, 3.05) is 5.32 Å². The Bertz CT molecular complexity index is 533. The zero-order valence-electron chi connectivity index (χ0n) is 9.88. The summed E-state index contributed by atoms with van der Waals surface area (Å²) >= 11 is 1.68. The predicted molar refractivity (Wildman–Crippen MR) is 70.6 cm³/mol. The van der Waals surface area contributed by atoms with Gasteiger partial charge in [-0.25, -0.2) is 4.98 Å². The number of rotatable bonds is 4. The summed E-state index contributed by atoms with van der Waals surface area (Å²) in [6, 6.07) is 2.28. The minimum Gasteiger partial charge on any atom is -0.363 e. The highest BCUT2D eigenvalue weighted by atomic mass is 32.1. The van der Waals surface area contributed by atoms with Crippen LogP contribution in [0.2, 0.25) is 0 Å². The number of nitrogens with one attached hydrogen (secondary N) is 1. The van der Waals surface area contributed by atoms with E-state index < -0.39 is 0 Å². The van der Waals surface area contributed by atoms with E-state index in [0.717, 1.165) is 6.42 Å². The molecule has 1 atom stereocenters. The first-order valence-corrected chi connectivity index (χ1v) is 6.40. The standard InChI is InChI=1S/C12H15N3OS/c1-9(7-10-3-6-17-8-10)14-11-12(16)15(2)5-4-13-11/h3-6,8-9H,7H2,1-2H3,(H,13,14). The summed E-state index contributed by atoms with van der Waals surface area (Å²) in [7, 11) is 1.72. The molecule has 1 unspecified atom stereocenters. The summed E-state index contributed by atoms with van der Waals surface area (Å²) < 4.78 is 1.52. The van der Waals surface area contributed by atoms with E-state index in [1.807, 2.05) is 6.92 Å². The smallest absolute Gasteiger partial charge is 0.293 e. The number of nitrogens with zero attached hydrogens (tertiary/aromatic N) is 2. The average Bonchev–Trinajstić information content (AvgIpc) is 2.77. The number of hydrogen-bond acceptors (Lipinski definition) is 4. The Labute approximate surface area is 104 Å². The fourth-order valence-corrected chi connectivity index (χ4v) is 2.33. The summed E-state index contributed by atoms with van der Waals surface area (Å²) in [5, 5.41) is 7.33. The number of anilines is 1. The average molecular weight is 249 g/mol. The number of aryl methyl sites for hydroxylation is 1. The third-order valence-electron chi connectivity index (χ3n) is 2.52. The van der Waals surface area contributed by atoms with Crippen molar-refractivity contribution in [1.29, 1.82) is 0 Å². The second-order valence-corrected chi connectivity index (χ2v) is 4.85. The van der Waals surface area contributed by atoms with Crippen LogP contribution in [0, 0.1) is 0 Å². The quantitative estimate of drug-likeness (QED) is 0.900. The number of thiophene rings is 1. The Hall–Kier alpha value is -1.62. The summed E-state index contributed by atoms with van der Waals surface area (Å²) in [6.45, 7) is 2.05. The second kappa shape index (κ2) is 5.14. The van der Waals surface area contributed by atoms with E-state index in [1.54, 1.807) is 30.8 Å². The van der Waals surface area contributed by atoms with Gasteiger partial charge in [0.15, 0.2) is 5.82 Å². The molecule has 2 aromatic rings. The van der Waals surface area contributed by atoms with Crippen molar-refractivity contribution < 1.29 is 0 Å². The van der Waals surface area contributed by atoms with Crippen LogP contribution >= 0.6 is 11.3 Å². The highest BCUT2D eigenvalue weighted by Crippen LogP contribution is 2.10. The molecule has 0 fully saturated rings. The molecule has 2 aromatic heterocycles. The van der Waals surface area contributed by atoms with Crippen LogP contribution in [0.3, 0.4) is 0 Å². The maximum atomic E-state index is 11.7. The summed E-state index contributed by atoms with van der Waals surface area (Å²) in [6.07, 6.45) is 4.17. The fourth-order valence-electron chi connectivity index (χ4n) is 1.64. The van der Waals surface area contributed by atoms with Gasteiger partial charge in [0.1, 0.15) is 0 Å². The first kappa shape index (κ1) is 11.9. The van der Waals surface area contributed by atoms with E-state index >= 15 is 0 Å². The largest absolute Gasteiger partial charge is 0.363 e. The van der Waals surface area contributed by atoms with E-state index in [9.17, 15) is 4.79 Å². The highest BCUT2D eigenvalue weighted by Gasteiger charge is 2.08. The molecule has 0 spiro atoms. The molecule has 5 heteroatoms. The van der Waals surface area contributed by atoms with Gasteiger partial charge in [0, 0.05) is 25.5 Å². The van der Waals surface area contributed by atoms with Gasteiger partial charge in [0.05, 0.1) is 0 Å². The summed E-state index contributed by atoms with van der Waals surface area (Å²) in [5.41, 5.74) is 1.19. The molecule has 2 heterocycles. The van der Waals surface area contributed by atoms with Gasteiger partial charge in [0.2, 0.25) is 0 Å². The molecule has 0 saturated carbocycles. The van der Waals surface area contributed by atoms with Gasteiger partial charge in [-0.1, -0.05) is 0 Å². The Kier molecular flexibility index (Phi) is 3.58. The lowest BCUT2D eigenvalue weighted by atomic mass is 10.1. The van der Waals surface area contributed by atoms with Crippen LogP contribution in [0.1, 0.15) is 12.5 Å². The Morgan fingerprint density at radius 3 is 3.12 bits per heavy atom. The minimum absolute atomic E-state index is 0.0929. The van der Waals surface area contributed by atoms with E-state index in [-0.39, 0.29) is 11.6 Å². The van der Waals surface area contributed by atoms with Crippen molar-refractivity contribution in [3.63, 3.8) is 0 Å². The third-order valence-corrected chi connectivity index (χ3v) is 3.25. The number of aromatic nitrogens is 2. The lowest BCUT2D eigenvalue weighted by molar-refractivity contribution is 0.768. The zero-order chi connectivity index (χ0) is 12.3. The molecule has 1 N–H and O–H groups in total. The van der Waals surface area contributed by atoms with Crippen molar-refractivity contribution in [1.82, 2.24) is 9.55 Å². The van der Waals surface area contributed by atoms with E-state index in [0.29, 0.717) is 5.82 Å². The van der Waals surface area contributed by atoms with Gasteiger partial charge >= 0.3 is 0 Å². The summed E-state index contributed by atoms with van der Waals surface area (Å²) in [5.74, 6) is 0.415. The monoisotopic (exact) mass is 249 g/mol. The van der Waals surface area contributed by atoms with E-state index in [4.69, 9.17) is 0 Å². The third kappa shape index (κ3) is 2.94. The zero-order valence-corrected chi connectivity index (χ0v) is 10.7. The van der Waals surface area contributed by atoms with Crippen molar-refractivity contribution in [2.45, 2.75) is 19.4 Å². The molecule has 0 amide bonds. The van der Waals surface area contributed by atoms with Crippen molar-refractivity contribution in [3.8, 4) is 0 Å². The van der Waals surface area contributed by atoms with Gasteiger partial charge in [-0.3, -0.25) is 4.79 Å². The van der Waals surface area contributed by atoms with Crippen LogP contribution in [0.15, 0.2) is 34.0 Å². The second-order valence-electron chi connectivity index (χ2n) is 4.07. The molecule has 0 saturated heterocycles. The molecular weight excluding hydrogens is 234 g/mol. The number of hydrogen-bond donors (Lipinski definition) is 1. The maximum Gasteiger partial charge on any atom is 0.293 e. The highest BCUT2D eigenvalue weighted by molar-refractivity contribution is 7.07. The molecule has 4 nitrogen and oxygen atoms in total. The maximum absolute atomic E-state index is 11.7. The Morgan fingerprint density at radius 2 is 2.41 bits per heavy atom. The molecule has 0 bridgehead atoms. The molecule has 0 aliphatic rings. The molecule has 0 aliphatic heterocycles. The van der Waals surface area contributed by atoms with Gasteiger partial charge in [-0.2, -0.15) is 11.3 Å². The topological polar surface area (TPSA) is 46.9 Å². The fraction of sp³-hybridized carbons (Fsp3) is 0.333. The van der Waals surface area contributed by atoms with E-state index in [2.05, 4.69) is 27.1 Å². The lowest BCUT2D eigenvalue weighted by Gasteiger charge is -2.13. The lowest BCUT2D eigenvalue weighted by Crippen LogP contribution is -2.27. The predicted octanol–water partition coefficient (Wildman–Crippen LogP) is 1.88. The minimum atomic E-state index is -0.0929. The van der Waals surface area contributed by atoms with Crippen LogP contribution in [-0.2, 0) is 13.5 Å². The first-order chi connectivity index (χ1) is 8.16. The first-order valence-electron chi connectivity index (χ1n) is 5.46. The van der Waals surface area contributed by atoms with Gasteiger partial charge < -0.3 is 9.88 Å². The molecule has 90 valence electrons. The van der Waals surface area contributed by atoms with Crippen molar-refractivity contribution >= 4 is 17.2 Å². The molecule has 0 aliphatic carbocycles. The molecule has 0 radical (unpaired) electrons. The normalized spacial score (nSPS) is 12.4. The molecule has 2 rings (SSSR count). The van der Waals surface area contributed by atoms with Crippen molar-refractivity contribution in [2.24, 2.45) is 7.05 Å². The van der Waals surface area contributed by atoms with Gasteiger partial charge in [0.25, 0.3) is 5.56 Å². The SMILES string of the molecule is CC(Cc1ccsc1)Nc1nccn(C)c1=O. The van der Waals surface area contributed by atoms with E-state index in [1.165, 1.54) is 10.1 Å².